The van der Waals surface area contributed by atoms with E-state index >= 15 is 0 Å². The van der Waals surface area contributed by atoms with Crippen LogP contribution in [0.4, 0.5) is 0 Å². The van der Waals surface area contributed by atoms with Crippen LogP contribution in [0.25, 0.3) is 10.2 Å². The molecular weight excluding hydrogens is 364 g/mol. The van der Waals surface area contributed by atoms with Gasteiger partial charge < -0.3 is 10.2 Å². The number of carbonyl (C=O) groups is 1. The first kappa shape index (κ1) is 19.6. The van der Waals surface area contributed by atoms with Crippen molar-refractivity contribution in [2.45, 2.75) is 51.0 Å². The van der Waals surface area contributed by atoms with E-state index in [4.69, 9.17) is 0 Å². The minimum absolute atomic E-state index is 0.0894. The normalized spacial score (nSPS) is 15.0. The topological polar surface area (TPSA) is 58.1 Å². The Labute approximate surface area is 164 Å². The van der Waals surface area contributed by atoms with Gasteiger partial charge in [0.25, 0.3) is 0 Å². The van der Waals surface area contributed by atoms with Crippen molar-refractivity contribution < 1.29 is 4.79 Å². The highest BCUT2D eigenvalue weighted by atomic mass is 32.2. The number of aromatic nitrogens is 2. The lowest BCUT2D eigenvalue weighted by atomic mass is 10.3. The maximum atomic E-state index is 12.1. The number of thioether (sulfide) groups is 1. The molecule has 0 spiro atoms. The molecule has 0 aromatic carbocycles. The van der Waals surface area contributed by atoms with E-state index in [2.05, 4.69) is 33.2 Å². The minimum atomic E-state index is 0.0894. The first-order valence-electron chi connectivity index (χ1n) is 9.54. The minimum Gasteiger partial charge on any atom is -0.355 e. The van der Waals surface area contributed by atoms with Gasteiger partial charge >= 0.3 is 0 Å². The maximum Gasteiger partial charge on any atom is 0.230 e. The Morgan fingerprint density at radius 1 is 1.31 bits per heavy atom. The zero-order valence-electron chi connectivity index (χ0n) is 15.7. The molecule has 0 unspecified atom stereocenters. The van der Waals surface area contributed by atoms with Gasteiger partial charge in [0.05, 0.1) is 5.75 Å². The van der Waals surface area contributed by atoms with E-state index in [1.54, 1.807) is 11.3 Å². The van der Waals surface area contributed by atoms with Crippen LogP contribution in [-0.4, -0.2) is 52.7 Å². The van der Waals surface area contributed by atoms with Crippen LogP contribution < -0.4 is 5.32 Å². The Balaban J connectivity index is 1.42. The molecule has 0 aliphatic carbocycles. The molecule has 1 saturated heterocycles. The van der Waals surface area contributed by atoms with E-state index in [9.17, 15) is 4.79 Å². The van der Waals surface area contributed by atoms with Crippen LogP contribution in [-0.2, 0) is 11.2 Å². The fourth-order valence-electron chi connectivity index (χ4n) is 3.21. The third-order valence-corrected chi connectivity index (χ3v) is 6.80. The molecule has 1 aliphatic rings. The van der Waals surface area contributed by atoms with Crippen molar-refractivity contribution in [1.82, 2.24) is 20.2 Å². The second-order valence-corrected chi connectivity index (χ2v) is 8.83. The number of likely N-dealkylation sites (tertiary alicyclic amines) is 1. The lowest BCUT2D eigenvalue weighted by Crippen LogP contribution is -2.27. The van der Waals surface area contributed by atoms with Crippen molar-refractivity contribution in [2.75, 3.05) is 31.9 Å². The fourth-order valence-corrected chi connectivity index (χ4v) is 5.17. The molecule has 2 aromatic heterocycles. The number of nitrogens with one attached hydrogen (secondary N) is 1. The molecule has 142 valence electrons. The molecule has 0 atom stereocenters. The largest absolute Gasteiger partial charge is 0.355 e. The number of hydrogen-bond acceptors (Lipinski definition) is 6. The number of rotatable bonds is 9. The molecule has 1 fully saturated rings. The number of aryl methyl sites for hydroxylation is 2. The third kappa shape index (κ3) is 5.41. The molecule has 1 aliphatic heterocycles. The van der Waals surface area contributed by atoms with Gasteiger partial charge in [0.1, 0.15) is 15.7 Å². The highest BCUT2D eigenvalue weighted by molar-refractivity contribution is 8.00. The molecule has 0 saturated carbocycles. The standard InChI is InChI=1S/C19H28N4OS2/c1-3-15-12-16-18(21-14(2)22-19(16)26-15)25-13-17(24)20-8-4-5-9-23-10-6-7-11-23/h12H,3-11,13H2,1-2H3,(H,20,24). The third-order valence-electron chi connectivity index (χ3n) is 4.63. The van der Waals surface area contributed by atoms with Gasteiger partial charge in [0.15, 0.2) is 0 Å². The predicted octanol–water partition coefficient (Wildman–Crippen LogP) is 3.65. The van der Waals surface area contributed by atoms with E-state index in [0.29, 0.717) is 5.75 Å². The second kappa shape index (κ2) is 9.67. The number of carbonyl (C=O) groups excluding carboxylic acids is 1. The van der Waals surface area contributed by atoms with Crippen molar-refractivity contribution >= 4 is 39.2 Å². The SMILES string of the molecule is CCc1cc2c(SCC(=O)NCCCCN3CCCC3)nc(C)nc2s1. The quantitative estimate of drug-likeness (QED) is 0.401. The fraction of sp³-hybridized carbons (Fsp3) is 0.632. The number of unbranched alkanes of at least 4 members (excludes halogenated alkanes) is 1. The molecule has 1 amide bonds. The first-order chi connectivity index (χ1) is 12.7. The molecule has 0 bridgehead atoms. The smallest absolute Gasteiger partial charge is 0.230 e. The maximum absolute atomic E-state index is 12.1. The molecule has 0 radical (unpaired) electrons. The zero-order chi connectivity index (χ0) is 18.4. The van der Waals surface area contributed by atoms with Gasteiger partial charge in [0, 0.05) is 16.8 Å². The van der Waals surface area contributed by atoms with Crippen LogP contribution >= 0.6 is 23.1 Å². The number of hydrogen-bond donors (Lipinski definition) is 1. The number of amides is 1. The van der Waals surface area contributed by atoms with Crippen molar-refractivity contribution in [2.24, 2.45) is 0 Å². The molecular formula is C19H28N4OS2. The van der Waals surface area contributed by atoms with Gasteiger partial charge in [-0.2, -0.15) is 0 Å². The Kier molecular flexibility index (Phi) is 7.28. The second-order valence-electron chi connectivity index (χ2n) is 6.76. The Bertz CT molecular complexity index is 740. The summed E-state index contributed by atoms with van der Waals surface area (Å²) in [5.74, 6) is 1.27. The summed E-state index contributed by atoms with van der Waals surface area (Å²) in [7, 11) is 0. The molecule has 26 heavy (non-hydrogen) atoms. The summed E-state index contributed by atoms with van der Waals surface area (Å²) < 4.78 is 0. The van der Waals surface area contributed by atoms with Gasteiger partial charge in [-0.05, 0) is 64.7 Å². The van der Waals surface area contributed by atoms with Crippen molar-refractivity contribution in [3.8, 4) is 0 Å². The molecule has 3 rings (SSSR count). The van der Waals surface area contributed by atoms with Crippen molar-refractivity contribution in [3.05, 3.63) is 16.8 Å². The Morgan fingerprint density at radius 3 is 2.88 bits per heavy atom. The average molecular weight is 393 g/mol. The van der Waals surface area contributed by atoms with Gasteiger partial charge in [0.2, 0.25) is 5.91 Å². The van der Waals surface area contributed by atoms with Gasteiger partial charge in [-0.3, -0.25) is 4.79 Å². The summed E-state index contributed by atoms with van der Waals surface area (Å²) in [4.78, 5) is 26.1. The zero-order valence-corrected chi connectivity index (χ0v) is 17.3. The summed E-state index contributed by atoms with van der Waals surface area (Å²) in [6, 6.07) is 2.16. The lowest BCUT2D eigenvalue weighted by molar-refractivity contribution is -0.118. The summed E-state index contributed by atoms with van der Waals surface area (Å²) in [6.45, 7) is 8.49. The number of thiophene rings is 1. The Morgan fingerprint density at radius 2 is 2.12 bits per heavy atom. The Hall–Kier alpha value is -1.18. The van der Waals surface area contributed by atoms with Crippen LogP contribution in [0.3, 0.4) is 0 Å². The van der Waals surface area contributed by atoms with Gasteiger partial charge in [-0.15, -0.1) is 11.3 Å². The predicted molar refractivity (Wildman–Crippen MR) is 110 cm³/mol. The van der Waals surface area contributed by atoms with Crippen LogP contribution in [0, 0.1) is 6.92 Å². The van der Waals surface area contributed by atoms with Crippen molar-refractivity contribution in [1.29, 1.82) is 0 Å². The van der Waals surface area contributed by atoms with E-state index in [0.717, 1.165) is 46.9 Å². The first-order valence-corrected chi connectivity index (χ1v) is 11.3. The van der Waals surface area contributed by atoms with E-state index < -0.39 is 0 Å². The molecule has 5 nitrogen and oxygen atoms in total. The van der Waals surface area contributed by atoms with Crippen LogP contribution in [0.15, 0.2) is 11.1 Å². The number of fused-ring (bicyclic) bond motifs is 1. The van der Waals surface area contributed by atoms with Gasteiger partial charge in [-0.25, -0.2) is 9.97 Å². The highest BCUT2D eigenvalue weighted by Gasteiger charge is 2.13. The van der Waals surface area contributed by atoms with Crippen LogP contribution in [0.5, 0.6) is 0 Å². The van der Waals surface area contributed by atoms with Crippen LogP contribution in [0.2, 0.25) is 0 Å². The van der Waals surface area contributed by atoms with E-state index in [-0.39, 0.29) is 5.91 Å². The monoisotopic (exact) mass is 392 g/mol. The molecule has 7 heteroatoms. The van der Waals surface area contributed by atoms with Gasteiger partial charge in [-0.1, -0.05) is 18.7 Å². The van der Waals surface area contributed by atoms with Crippen molar-refractivity contribution in [3.63, 3.8) is 0 Å². The van der Waals surface area contributed by atoms with Crippen LogP contribution in [0.1, 0.15) is 43.3 Å². The van der Waals surface area contributed by atoms with E-state index in [1.165, 1.54) is 49.1 Å². The summed E-state index contributed by atoms with van der Waals surface area (Å²) >= 11 is 3.24. The average Bonchev–Trinajstić information content (AvgIpc) is 3.28. The summed E-state index contributed by atoms with van der Waals surface area (Å²) in [5.41, 5.74) is 0. The molecule has 3 heterocycles. The number of nitrogens with zero attached hydrogens (tertiary/aromatic N) is 3. The van der Waals surface area contributed by atoms with E-state index in [1.807, 2.05) is 6.92 Å². The molecule has 2 aromatic rings. The summed E-state index contributed by atoms with van der Waals surface area (Å²) in [6.07, 6.45) is 5.89. The lowest BCUT2D eigenvalue weighted by Gasteiger charge is -2.14. The molecule has 1 N–H and O–H groups in total. The summed E-state index contributed by atoms with van der Waals surface area (Å²) in [5, 5.41) is 5.05. The highest BCUT2D eigenvalue weighted by Crippen LogP contribution is 2.31.